The molecule has 1 aromatic carbocycles. The molecule has 20 heavy (non-hydrogen) atoms. The first-order chi connectivity index (χ1) is 9.70. The van der Waals surface area contributed by atoms with E-state index in [2.05, 4.69) is 16.8 Å². The second kappa shape index (κ2) is 6.23. The van der Waals surface area contributed by atoms with Gasteiger partial charge in [-0.3, -0.25) is 0 Å². The van der Waals surface area contributed by atoms with Gasteiger partial charge in [-0.2, -0.15) is 0 Å². The maximum atomic E-state index is 13.0. The first-order valence-corrected chi connectivity index (χ1v) is 7.87. The van der Waals surface area contributed by atoms with E-state index >= 15 is 0 Å². The molecule has 0 aliphatic carbocycles. The Bertz CT molecular complexity index is 423. The van der Waals surface area contributed by atoms with Crippen LogP contribution < -0.4 is 0 Å². The first kappa shape index (κ1) is 14.0. The van der Waals surface area contributed by atoms with Crippen molar-refractivity contribution in [2.45, 2.75) is 25.2 Å². The Morgan fingerprint density at radius 3 is 2.35 bits per heavy atom. The quantitative estimate of drug-likeness (QED) is 0.837. The van der Waals surface area contributed by atoms with Crippen LogP contribution in [0.1, 0.15) is 30.7 Å². The van der Waals surface area contributed by atoms with Crippen molar-refractivity contribution in [2.75, 3.05) is 39.8 Å². The van der Waals surface area contributed by atoms with Gasteiger partial charge < -0.3 is 9.80 Å². The molecule has 2 heterocycles. The highest BCUT2D eigenvalue weighted by Crippen LogP contribution is 2.29. The SMILES string of the molecule is CN1CCC(CN2CCC(c3ccc(F)cc3)CC2)C1. The van der Waals surface area contributed by atoms with Crippen LogP contribution in [0, 0.1) is 11.7 Å². The standard InChI is InChI=1S/C17H25FN2/c1-19-9-6-14(12-19)13-20-10-7-16(8-11-20)15-2-4-17(18)5-3-15/h2-5,14,16H,6-13H2,1H3. The van der Waals surface area contributed by atoms with Gasteiger partial charge in [-0.05, 0) is 75.5 Å². The molecule has 0 amide bonds. The molecular formula is C17H25FN2. The Morgan fingerprint density at radius 2 is 1.75 bits per heavy atom. The summed E-state index contributed by atoms with van der Waals surface area (Å²) in [6.07, 6.45) is 3.79. The molecule has 2 aliphatic rings. The van der Waals surface area contributed by atoms with Crippen LogP contribution in [0.25, 0.3) is 0 Å². The average Bonchev–Trinajstić information content (AvgIpc) is 2.86. The summed E-state index contributed by atoms with van der Waals surface area (Å²) in [5, 5.41) is 0. The predicted octanol–water partition coefficient (Wildman–Crippen LogP) is 2.96. The molecule has 2 nitrogen and oxygen atoms in total. The number of likely N-dealkylation sites (tertiary alicyclic amines) is 2. The molecule has 3 heteroatoms. The molecule has 2 fully saturated rings. The van der Waals surface area contributed by atoms with Gasteiger partial charge in [0.1, 0.15) is 5.82 Å². The number of piperidine rings is 1. The zero-order chi connectivity index (χ0) is 13.9. The highest BCUT2D eigenvalue weighted by molar-refractivity contribution is 5.21. The normalized spacial score (nSPS) is 26.2. The van der Waals surface area contributed by atoms with Crippen LogP contribution in [-0.2, 0) is 0 Å². The third kappa shape index (κ3) is 3.39. The van der Waals surface area contributed by atoms with E-state index in [1.165, 1.54) is 57.5 Å². The zero-order valence-electron chi connectivity index (χ0n) is 12.4. The molecule has 1 atom stereocenters. The summed E-state index contributed by atoms with van der Waals surface area (Å²) < 4.78 is 13.0. The van der Waals surface area contributed by atoms with Crippen molar-refractivity contribution < 1.29 is 4.39 Å². The second-order valence-corrected chi connectivity index (χ2v) is 6.54. The van der Waals surface area contributed by atoms with Crippen molar-refractivity contribution in [3.8, 4) is 0 Å². The summed E-state index contributed by atoms with van der Waals surface area (Å²) in [6.45, 7) is 6.18. The van der Waals surface area contributed by atoms with E-state index in [9.17, 15) is 4.39 Å². The number of rotatable bonds is 3. The van der Waals surface area contributed by atoms with Crippen LogP contribution in [0.2, 0.25) is 0 Å². The number of nitrogens with zero attached hydrogens (tertiary/aromatic N) is 2. The highest BCUT2D eigenvalue weighted by atomic mass is 19.1. The van der Waals surface area contributed by atoms with Crippen molar-refractivity contribution >= 4 is 0 Å². The molecule has 0 spiro atoms. The molecule has 2 saturated heterocycles. The fraction of sp³-hybridized carbons (Fsp3) is 0.647. The van der Waals surface area contributed by atoms with Gasteiger partial charge in [-0.1, -0.05) is 12.1 Å². The van der Waals surface area contributed by atoms with Crippen LogP contribution in [0.4, 0.5) is 4.39 Å². The van der Waals surface area contributed by atoms with Crippen molar-refractivity contribution in [3.05, 3.63) is 35.6 Å². The average molecular weight is 276 g/mol. The van der Waals surface area contributed by atoms with Crippen LogP contribution >= 0.6 is 0 Å². The lowest BCUT2D eigenvalue weighted by atomic mass is 9.89. The minimum absolute atomic E-state index is 0.128. The summed E-state index contributed by atoms with van der Waals surface area (Å²) in [6, 6.07) is 7.11. The Kier molecular flexibility index (Phi) is 4.37. The molecule has 1 unspecified atom stereocenters. The fourth-order valence-corrected chi connectivity index (χ4v) is 3.72. The second-order valence-electron chi connectivity index (χ2n) is 6.54. The summed E-state index contributed by atoms with van der Waals surface area (Å²) in [4.78, 5) is 5.07. The molecule has 0 aromatic heterocycles. The maximum Gasteiger partial charge on any atom is 0.123 e. The molecule has 1 aromatic rings. The zero-order valence-corrected chi connectivity index (χ0v) is 12.4. The van der Waals surface area contributed by atoms with E-state index in [0.29, 0.717) is 5.92 Å². The van der Waals surface area contributed by atoms with Gasteiger partial charge in [0.2, 0.25) is 0 Å². The predicted molar refractivity (Wildman–Crippen MR) is 80.4 cm³/mol. The lowest BCUT2D eigenvalue weighted by Gasteiger charge is -2.33. The van der Waals surface area contributed by atoms with E-state index in [0.717, 1.165) is 5.92 Å². The van der Waals surface area contributed by atoms with Gasteiger partial charge in [-0.25, -0.2) is 4.39 Å². The Morgan fingerprint density at radius 1 is 1.05 bits per heavy atom. The largest absolute Gasteiger partial charge is 0.306 e. The summed E-state index contributed by atoms with van der Waals surface area (Å²) in [5.74, 6) is 1.36. The third-order valence-electron chi connectivity index (χ3n) is 4.93. The van der Waals surface area contributed by atoms with Gasteiger partial charge in [0, 0.05) is 13.1 Å². The van der Waals surface area contributed by atoms with E-state index in [1.54, 1.807) is 12.1 Å². The van der Waals surface area contributed by atoms with Crippen LogP contribution in [0.3, 0.4) is 0 Å². The summed E-state index contributed by atoms with van der Waals surface area (Å²) in [7, 11) is 2.22. The maximum absolute atomic E-state index is 13.0. The number of hydrogen-bond donors (Lipinski definition) is 0. The van der Waals surface area contributed by atoms with Gasteiger partial charge >= 0.3 is 0 Å². The molecule has 0 N–H and O–H groups in total. The Labute approximate surface area is 121 Å². The van der Waals surface area contributed by atoms with E-state index in [1.807, 2.05) is 12.1 Å². The van der Waals surface area contributed by atoms with Gasteiger partial charge in [-0.15, -0.1) is 0 Å². The molecule has 3 rings (SSSR count). The lowest BCUT2D eigenvalue weighted by molar-refractivity contribution is 0.183. The number of benzene rings is 1. The topological polar surface area (TPSA) is 6.48 Å². The number of halogens is 1. The molecule has 2 aliphatic heterocycles. The van der Waals surface area contributed by atoms with E-state index in [-0.39, 0.29) is 5.82 Å². The summed E-state index contributed by atoms with van der Waals surface area (Å²) in [5.41, 5.74) is 1.31. The monoisotopic (exact) mass is 276 g/mol. The van der Waals surface area contributed by atoms with E-state index < -0.39 is 0 Å². The molecule has 0 saturated carbocycles. The van der Waals surface area contributed by atoms with Gasteiger partial charge in [0.05, 0.1) is 0 Å². The molecule has 0 bridgehead atoms. The third-order valence-corrected chi connectivity index (χ3v) is 4.93. The fourth-order valence-electron chi connectivity index (χ4n) is 3.72. The van der Waals surface area contributed by atoms with Crippen molar-refractivity contribution in [1.29, 1.82) is 0 Å². The van der Waals surface area contributed by atoms with Crippen LogP contribution in [-0.4, -0.2) is 49.6 Å². The first-order valence-electron chi connectivity index (χ1n) is 7.87. The molecular weight excluding hydrogens is 251 g/mol. The van der Waals surface area contributed by atoms with Crippen molar-refractivity contribution in [1.82, 2.24) is 9.80 Å². The Hall–Kier alpha value is -0.930. The lowest BCUT2D eigenvalue weighted by Crippen LogP contribution is -2.37. The molecule has 110 valence electrons. The minimum Gasteiger partial charge on any atom is -0.306 e. The number of hydrogen-bond acceptors (Lipinski definition) is 2. The molecule has 0 radical (unpaired) electrons. The smallest absolute Gasteiger partial charge is 0.123 e. The van der Waals surface area contributed by atoms with Crippen LogP contribution in [0.15, 0.2) is 24.3 Å². The minimum atomic E-state index is -0.128. The summed E-state index contributed by atoms with van der Waals surface area (Å²) >= 11 is 0. The van der Waals surface area contributed by atoms with Crippen LogP contribution in [0.5, 0.6) is 0 Å². The van der Waals surface area contributed by atoms with Gasteiger partial charge in [0.15, 0.2) is 0 Å². The van der Waals surface area contributed by atoms with E-state index in [4.69, 9.17) is 0 Å². The van der Waals surface area contributed by atoms with Gasteiger partial charge in [0.25, 0.3) is 0 Å². The Balaban J connectivity index is 1.48. The highest BCUT2D eigenvalue weighted by Gasteiger charge is 2.25. The van der Waals surface area contributed by atoms with Crippen molar-refractivity contribution in [2.24, 2.45) is 5.92 Å². The van der Waals surface area contributed by atoms with Crippen molar-refractivity contribution in [3.63, 3.8) is 0 Å².